The first kappa shape index (κ1) is 32.9. The molecule has 0 amide bonds. The second kappa shape index (κ2) is 15.7. The number of aromatic nitrogens is 3. The summed E-state index contributed by atoms with van der Waals surface area (Å²) in [4.78, 5) is 9.25. The number of para-hydroxylation sites is 2. The van der Waals surface area contributed by atoms with Gasteiger partial charge in [0.2, 0.25) is 0 Å². The van der Waals surface area contributed by atoms with Gasteiger partial charge in [0, 0.05) is 48.8 Å². The van der Waals surface area contributed by atoms with Gasteiger partial charge in [-0.3, -0.25) is 4.98 Å². The molecule has 5 heteroatoms. The Bertz CT molecular complexity index is 2250. The third-order valence-electron chi connectivity index (χ3n) is 8.75. The van der Waals surface area contributed by atoms with Crippen molar-refractivity contribution >= 4 is 22.0 Å². The Morgan fingerprint density at radius 3 is 2.24 bits per heavy atom. The van der Waals surface area contributed by atoms with Gasteiger partial charge in [-0.2, -0.15) is 0 Å². The number of hydrogen-bond donors (Lipinski definition) is 0. The number of furan rings is 1. The minimum atomic E-state index is -2.09. The first-order valence-electron chi connectivity index (χ1n) is 18.6. The van der Waals surface area contributed by atoms with E-state index in [4.69, 9.17) is 13.5 Å². The van der Waals surface area contributed by atoms with Crippen LogP contribution >= 0.6 is 0 Å². The molecule has 7 aromatic rings. The first-order chi connectivity index (χ1) is 24.7. The molecule has 50 heavy (non-hydrogen) atoms. The van der Waals surface area contributed by atoms with Crippen LogP contribution in [0.2, 0.25) is 0 Å². The Morgan fingerprint density at radius 2 is 1.60 bits per heavy atom. The molecule has 0 bridgehead atoms. The number of rotatable bonds is 7. The van der Waals surface area contributed by atoms with Gasteiger partial charge >= 0.3 is 0 Å². The fraction of sp³-hybridized carbons (Fsp3) is 0.289. The summed E-state index contributed by atoms with van der Waals surface area (Å²) >= 11 is 0. The Labute approximate surface area is 315 Å². The Morgan fingerprint density at radius 1 is 0.860 bits per heavy atom. The van der Waals surface area contributed by atoms with Crippen LogP contribution in [0.15, 0.2) is 108 Å². The van der Waals surface area contributed by atoms with Crippen molar-refractivity contribution < 1.29 is 28.6 Å². The quantitative estimate of drug-likeness (QED) is 0.150. The molecule has 0 saturated carbocycles. The van der Waals surface area contributed by atoms with E-state index in [1.807, 2.05) is 18.2 Å². The summed E-state index contributed by atoms with van der Waals surface area (Å²) in [5, 5.41) is 1.08. The van der Waals surface area contributed by atoms with E-state index < -0.39 is 6.85 Å². The third kappa shape index (κ3) is 8.34. The van der Waals surface area contributed by atoms with Crippen molar-refractivity contribution in [3.63, 3.8) is 0 Å². The SMILES string of the molecule is CC(C)c1cccc(C(C)C)c1Cn1c(-c2[c-]oc3ccc(CC(C)(C)C)cc23)nc2ccccc21.[2H]C([2H])([2H])c1ccc(-c2[c-]cccc2)nc1.[Ir]. The van der Waals surface area contributed by atoms with Crippen molar-refractivity contribution in [3.05, 3.63) is 143 Å². The van der Waals surface area contributed by atoms with Gasteiger partial charge < -0.3 is 14.0 Å². The molecule has 0 aliphatic carbocycles. The predicted molar refractivity (Wildman–Crippen MR) is 204 cm³/mol. The summed E-state index contributed by atoms with van der Waals surface area (Å²) in [6, 6.07) is 35.5. The van der Waals surface area contributed by atoms with Crippen molar-refractivity contribution in [2.45, 2.75) is 80.1 Å². The summed E-state index contributed by atoms with van der Waals surface area (Å²) in [7, 11) is 0. The molecule has 0 atom stereocenters. The average molecular weight is 841 g/mol. The van der Waals surface area contributed by atoms with Crippen molar-refractivity contribution in [2.24, 2.45) is 5.41 Å². The number of nitrogens with zero attached hydrogens (tertiary/aromatic N) is 3. The van der Waals surface area contributed by atoms with Crippen LogP contribution < -0.4 is 0 Å². The molecule has 0 N–H and O–H groups in total. The number of aryl methyl sites for hydroxylation is 1. The zero-order valence-corrected chi connectivity index (χ0v) is 32.4. The molecule has 7 rings (SSSR count). The maximum atomic E-state index is 7.23. The van der Waals surface area contributed by atoms with E-state index >= 15 is 0 Å². The van der Waals surface area contributed by atoms with Crippen LogP contribution in [-0.2, 0) is 33.1 Å². The smallest absolute Gasteiger partial charge is 0.0770 e. The maximum Gasteiger partial charge on any atom is 0.0770 e. The van der Waals surface area contributed by atoms with E-state index in [0.717, 1.165) is 57.6 Å². The maximum absolute atomic E-state index is 7.23. The van der Waals surface area contributed by atoms with Gasteiger partial charge in [0.1, 0.15) is 0 Å². The van der Waals surface area contributed by atoms with Crippen LogP contribution in [0.5, 0.6) is 0 Å². The summed E-state index contributed by atoms with van der Waals surface area (Å²) in [5.74, 6) is 1.80. The number of benzene rings is 4. The van der Waals surface area contributed by atoms with Crippen LogP contribution in [0, 0.1) is 24.6 Å². The standard InChI is InChI=1S/C33H37N2O.C12H10N.Ir/c1-21(2)24-11-10-12-25(22(3)4)27(24)19-35-30-14-9-8-13-29(30)34-32(35)28-20-36-31-16-15-23(17-26(28)31)18-33(5,6)7;1-10-7-8-12(13-9-10)11-5-3-2-4-6-11;/h8-17,21-22H,18-19H2,1-7H3;2-5,7-9H,1H3;/q2*-1;/i;1D3;. The van der Waals surface area contributed by atoms with Gasteiger partial charge in [-0.05, 0) is 70.6 Å². The van der Waals surface area contributed by atoms with Crippen molar-refractivity contribution in [2.75, 3.05) is 0 Å². The van der Waals surface area contributed by atoms with E-state index in [1.54, 1.807) is 18.2 Å². The normalized spacial score (nSPS) is 12.7. The molecule has 0 saturated heterocycles. The summed E-state index contributed by atoms with van der Waals surface area (Å²) in [6.45, 7) is 14.6. The molecule has 0 aliphatic rings. The summed E-state index contributed by atoms with van der Waals surface area (Å²) < 4.78 is 30.0. The number of fused-ring (bicyclic) bond motifs is 2. The van der Waals surface area contributed by atoms with Gasteiger partial charge in [-0.1, -0.05) is 126 Å². The van der Waals surface area contributed by atoms with Gasteiger partial charge in [0.15, 0.2) is 0 Å². The topological polar surface area (TPSA) is 43.9 Å². The van der Waals surface area contributed by atoms with E-state index in [-0.39, 0.29) is 31.1 Å². The molecule has 0 unspecified atom stereocenters. The van der Waals surface area contributed by atoms with E-state index in [2.05, 4.69) is 131 Å². The second-order valence-electron chi connectivity index (χ2n) is 14.6. The van der Waals surface area contributed by atoms with Gasteiger partial charge in [0.25, 0.3) is 0 Å². The van der Waals surface area contributed by atoms with Crippen LogP contribution in [0.25, 0.3) is 44.6 Å². The van der Waals surface area contributed by atoms with E-state index in [1.165, 1.54) is 28.5 Å². The van der Waals surface area contributed by atoms with Crippen LogP contribution in [0.4, 0.5) is 0 Å². The van der Waals surface area contributed by atoms with E-state index in [0.29, 0.717) is 11.8 Å². The fourth-order valence-corrected chi connectivity index (χ4v) is 6.49. The Balaban J connectivity index is 0.000000267. The second-order valence-corrected chi connectivity index (χ2v) is 14.6. The largest absolute Gasteiger partial charge is 0.557 e. The molecular formula is C45H47IrN3O-2. The Hall–Kier alpha value is -4.31. The van der Waals surface area contributed by atoms with Crippen LogP contribution in [-0.4, -0.2) is 14.5 Å². The third-order valence-corrected chi connectivity index (χ3v) is 8.75. The Kier molecular flexibility index (Phi) is 10.3. The number of hydrogen-bond acceptors (Lipinski definition) is 3. The predicted octanol–water partition coefficient (Wildman–Crippen LogP) is 12.0. The molecule has 0 spiro atoms. The van der Waals surface area contributed by atoms with Gasteiger partial charge in [-0.25, -0.2) is 0 Å². The van der Waals surface area contributed by atoms with Gasteiger partial charge in [-0.15, -0.1) is 35.9 Å². The monoisotopic (exact) mass is 841 g/mol. The molecule has 4 nitrogen and oxygen atoms in total. The summed E-state index contributed by atoms with van der Waals surface area (Å²) in [6.07, 6.45) is 5.62. The zero-order chi connectivity index (χ0) is 37.2. The number of imidazole rings is 1. The number of pyridine rings is 1. The van der Waals surface area contributed by atoms with Crippen molar-refractivity contribution in [1.82, 2.24) is 14.5 Å². The molecule has 3 heterocycles. The molecular weight excluding hydrogens is 791 g/mol. The van der Waals surface area contributed by atoms with Crippen molar-refractivity contribution in [1.29, 1.82) is 0 Å². The fourth-order valence-electron chi connectivity index (χ4n) is 6.49. The molecule has 259 valence electrons. The van der Waals surface area contributed by atoms with Crippen molar-refractivity contribution in [3.8, 4) is 22.6 Å². The molecule has 4 aromatic carbocycles. The first-order valence-corrected chi connectivity index (χ1v) is 17.1. The van der Waals surface area contributed by atoms with Crippen LogP contribution in [0.1, 0.15) is 92.2 Å². The zero-order valence-electron chi connectivity index (χ0n) is 33.0. The average Bonchev–Trinajstić information content (AvgIpc) is 3.68. The van der Waals surface area contributed by atoms with Crippen LogP contribution in [0.3, 0.4) is 0 Å². The summed E-state index contributed by atoms with van der Waals surface area (Å²) in [5.41, 5.74) is 11.5. The minimum Gasteiger partial charge on any atom is -0.557 e. The molecule has 3 aromatic heterocycles. The van der Waals surface area contributed by atoms with E-state index in [9.17, 15) is 0 Å². The minimum absolute atomic E-state index is 0. The molecule has 0 fully saturated rings. The molecule has 1 radical (unpaired) electrons. The van der Waals surface area contributed by atoms with Gasteiger partial charge in [0.05, 0.1) is 16.9 Å². The molecule has 0 aliphatic heterocycles.